The van der Waals surface area contributed by atoms with E-state index in [0.29, 0.717) is 25.4 Å². The summed E-state index contributed by atoms with van der Waals surface area (Å²) < 4.78 is 0. The van der Waals surface area contributed by atoms with Gasteiger partial charge in [0.1, 0.15) is 0 Å². The Morgan fingerprint density at radius 1 is 1.50 bits per heavy atom. The van der Waals surface area contributed by atoms with Crippen LogP contribution in [0.15, 0.2) is 0 Å². The van der Waals surface area contributed by atoms with Gasteiger partial charge >= 0.3 is 0 Å². The summed E-state index contributed by atoms with van der Waals surface area (Å²) in [5.41, 5.74) is 5.66. The first-order chi connectivity index (χ1) is 7.70. The largest absolute Gasteiger partial charge is 0.355 e. The maximum atomic E-state index is 11.9. The van der Waals surface area contributed by atoms with Gasteiger partial charge in [-0.25, -0.2) is 0 Å². The molecule has 0 spiro atoms. The highest BCUT2D eigenvalue weighted by Gasteiger charge is 2.32. The van der Waals surface area contributed by atoms with Crippen LogP contribution < -0.4 is 16.4 Å². The SMILES string of the molecule is NCC1CCCC1NC(=O)C1CNC(=O)C1. The van der Waals surface area contributed by atoms with Gasteiger partial charge in [-0.3, -0.25) is 9.59 Å². The summed E-state index contributed by atoms with van der Waals surface area (Å²) in [4.78, 5) is 22.9. The smallest absolute Gasteiger partial charge is 0.225 e. The molecule has 0 bridgehead atoms. The molecular weight excluding hydrogens is 206 g/mol. The molecule has 0 aromatic carbocycles. The van der Waals surface area contributed by atoms with E-state index >= 15 is 0 Å². The van der Waals surface area contributed by atoms with Gasteiger partial charge in [0.15, 0.2) is 0 Å². The Morgan fingerprint density at radius 3 is 2.94 bits per heavy atom. The van der Waals surface area contributed by atoms with Gasteiger partial charge in [-0.1, -0.05) is 6.42 Å². The molecule has 4 N–H and O–H groups in total. The third-order valence-electron chi connectivity index (χ3n) is 3.64. The van der Waals surface area contributed by atoms with Crippen molar-refractivity contribution in [2.75, 3.05) is 13.1 Å². The van der Waals surface area contributed by atoms with E-state index in [-0.39, 0.29) is 23.8 Å². The highest BCUT2D eigenvalue weighted by Crippen LogP contribution is 2.25. The van der Waals surface area contributed by atoms with Gasteiger partial charge in [0.2, 0.25) is 11.8 Å². The zero-order valence-electron chi connectivity index (χ0n) is 9.37. The van der Waals surface area contributed by atoms with Gasteiger partial charge in [-0.05, 0) is 25.3 Å². The minimum absolute atomic E-state index is 0.00343. The average molecular weight is 225 g/mol. The summed E-state index contributed by atoms with van der Waals surface area (Å²) in [6.45, 7) is 1.11. The van der Waals surface area contributed by atoms with Crippen LogP contribution in [0.3, 0.4) is 0 Å². The van der Waals surface area contributed by atoms with E-state index in [1.165, 1.54) is 0 Å². The van der Waals surface area contributed by atoms with Crippen LogP contribution in [-0.4, -0.2) is 30.9 Å². The second kappa shape index (κ2) is 4.82. The lowest BCUT2D eigenvalue weighted by molar-refractivity contribution is -0.127. The number of hydrogen-bond donors (Lipinski definition) is 3. The quantitative estimate of drug-likeness (QED) is 0.597. The van der Waals surface area contributed by atoms with E-state index in [1.807, 2.05) is 0 Å². The van der Waals surface area contributed by atoms with E-state index in [2.05, 4.69) is 10.6 Å². The Balaban J connectivity index is 1.84. The Bertz CT molecular complexity index is 293. The summed E-state index contributed by atoms with van der Waals surface area (Å²) in [7, 11) is 0. The van der Waals surface area contributed by atoms with Gasteiger partial charge in [0, 0.05) is 19.0 Å². The molecular formula is C11H19N3O2. The van der Waals surface area contributed by atoms with Crippen molar-refractivity contribution in [3.05, 3.63) is 0 Å². The molecule has 0 aromatic rings. The van der Waals surface area contributed by atoms with Crippen molar-refractivity contribution in [3.8, 4) is 0 Å². The number of nitrogens with one attached hydrogen (secondary N) is 2. The van der Waals surface area contributed by atoms with Crippen molar-refractivity contribution in [1.82, 2.24) is 10.6 Å². The number of amides is 2. The number of hydrogen-bond acceptors (Lipinski definition) is 3. The van der Waals surface area contributed by atoms with Crippen molar-refractivity contribution < 1.29 is 9.59 Å². The number of carbonyl (C=O) groups is 2. The van der Waals surface area contributed by atoms with Gasteiger partial charge in [0.25, 0.3) is 0 Å². The Labute approximate surface area is 95.1 Å². The normalized spacial score (nSPS) is 33.8. The number of nitrogens with two attached hydrogens (primary N) is 1. The summed E-state index contributed by atoms with van der Waals surface area (Å²) in [5, 5.41) is 5.71. The number of carbonyl (C=O) groups excluding carboxylic acids is 2. The molecule has 1 aliphatic heterocycles. The molecule has 5 heteroatoms. The van der Waals surface area contributed by atoms with Crippen LogP contribution in [0.2, 0.25) is 0 Å². The molecule has 2 fully saturated rings. The highest BCUT2D eigenvalue weighted by molar-refractivity contribution is 5.89. The maximum Gasteiger partial charge on any atom is 0.225 e. The molecule has 1 aliphatic carbocycles. The molecule has 2 rings (SSSR count). The van der Waals surface area contributed by atoms with Crippen molar-refractivity contribution in [2.24, 2.45) is 17.6 Å². The molecule has 90 valence electrons. The van der Waals surface area contributed by atoms with Gasteiger partial charge in [0.05, 0.1) is 5.92 Å². The first-order valence-corrected chi connectivity index (χ1v) is 5.98. The standard InChI is InChI=1S/C11H19N3O2/c12-5-7-2-1-3-9(7)14-11(16)8-4-10(15)13-6-8/h7-9H,1-6,12H2,(H,13,15)(H,14,16). The van der Waals surface area contributed by atoms with Crippen molar-refractivity contribution >= 4 is 11.8 Å². The second-order valence-corrected chi connectivity index (χ2v) is 4.75. The molecule has 1 heterocycles. The van der Waals surface area contributed by atoms with E-state index in [0.717, 1.165) is 19.3 Å². The van der Waals surface area contributed by atoms with E-state index in [9.17, 15) is 9.59 Å². The van der Waals surface area contributed by atoms with Gasteiger partial charge in [-0.15, -0.1) is 0 Å². The van der Waals surface area contributed by atoms with Crippen LogP contribution in [0.5, 0.6) is 0 Å². The van der Waals surface area contributed by atoms with Crippen LogP contribution in [0.25, 0.3) is 0 Å². The first-order valence-electron chi connectivity index (χ1n) is 5.98. The third-order valence-corrected chi connectivity index (χ3v) is 3.64. The lowest BCUT2D eigenvalue weighted by Crippen LogP contribution is -2.43. The van der Waals surface area contributed by atoms with Crippen LogP contribution in [0.4, 0.5) is 0 Å². The molecule has 3 unspecified atom stereocenters. The molecule has 1 saturated carbocycles. The summed E-state index contributed by atoms with van der Waals surface area (Å²) in [5.74, 6) is 0.200. The van der Waals surface area contributed by atoms with Crippen molar-refractivity contribution in [1.29, 1.82) is 0 Å². The lowest BCUT2D eigenvalue weighted by Gasteiger charge is -2.21. The molecule has 16 heavy (non-hydrogen) atoms. The van der Waals surface area contributed by atoms with E-state index in [1.54, 1.807) is 0 Å². The molecule has 0 radical (unpaired) electrons. The fourth-order valence-electron chi connectivity index (χ4n) is 2.60. The predicted octanol–water partition coefficient (Wildman–Crippen LogP) is -0.634. The third kappa shape index (κ3) is 2.35. The van der Waals surface area contributed by atoms with E-state index in [4.69, 9.17) is 5.73 Å². The molecule has 2 aliphatic rings. The molecule has 3 atom stereocenters. The van der Waals surface area contributed by atoms with Crippen LogP contribution in [0.1, 0.15) is 25.7 Å². The number of rotatable bonds is 3. The predicted molar refractivity (Wildman–Crippen MR) is 59.4 cm³/mol. The molecule has 5 nitrogen and oxygen atoms in total. The van der Waals surface area contributed by atoms with Crippen LogP contribution >= 0.6 is 0 Å². The Morgan fingerprint density at radius 2 is 2.31 bits per heavy atom. The minimum atomic E-state index is -0.188. The molecule has 0 aromatic heterocycles. The zero-order valence-corrected chi connectivity index (χ0v) is 9.37. The minimum Gasteiger partial charge on any atom is -0.355 e. The highest BCUT2D eigenvalue weighted by atomic mass is 16.2. The van der Waals surface area contributed by atoms with Crippen molar-refractivity contribution in [3.63, 3.8) is 0 Å². The summed E-state index contributed by atoms with van der Waals surface area (Å²) in [6, 6.07) is 0.216. The molecule has 1 saturated heterocycles. The van der Waals surface area contributed by atoms with Crippen molar-refractivity contribution in [2.45, 2.75) is 31.7 Å². The first kappa shape index (κ1) is 11.4. The average Bonchev–Trinajstić information content (AvgIpc) is 2.86. The zero-order chi connectivity index (χ0) is 11.5. The van der Waals surface area contributed by atoms with E-state index < -0.39 is 0 Å². The maximum absolute atomic E-state index is 11.9. The van der Waals surface area contributed by atoms with Crippen LogP contribution in [-0.2, 0) is 9.59 Å². The van der Waals surface area contributed by atoms with Gasteiger partial charge < -0.3 is 16.4 Å². The lowest BCUT2D eigenvalue weighted by atomic mass is 10.0. The topological polar surface area (TPSA) is 84.2 Å². The Kier molecular flexibility index (Phi) is 3.43. The second-order valence-electron chi connectivity index (χ2n) is 4.75. The summed E-state index contributed by atoms with van der Waals surface area (Å²) >= 11 is 0. The molecule has 2 amide bonds. The summed E-state index contributed by atoms with van der Waals surface area (Å²) in [6.07, 6.45) is 3.57. The fourth-order valence-corrected chi connectivity index (χ4v) is 2.60. The van der Waals surface area contributed by atoms with Gasteiger partial charge in [-0.2, -0.15) is 0 Å². The Hall–Kier alpha value is -1.10. The monoisotopic (exact) mass is 225 g/mol. The fraction of sp³-hybridized carbons (Fsp3) is 0.818. The van der Waals surface area contributed by atoms with Crippen LogP contribution in [0, 0.1) is 11.8 Å².